The minimum atomic E-state index is -0.230. The fourth-order valence-corrected chi connectivity index (χ4v) is 2.05. The quantitative estimate of drug-likeness (QED) is 0.569. The molecule has 3 rings (SSSR count). The van der Waals surface area contributed by atoms with E-state index in [0.29, 0.717) is 0 Å². The summed E-state index contributed by atoms with van der Waals surface area (Å²) in [5, 5.41) is 2.28. The third-order valence-corrected chi connectivity index (χ3v) is 2.84. The molecule has 3 aromatic rings. The van der Waals surface area contributed by atoms with E-state index in [9.17, 15) is 4.39 Å². The maximum atomic E-state index is 13.2. The molecule has 0 saturated heterocycles. The average molecular weight is 221 g/mol. The van der Waals surface area contributed by atoms with Crippen LogP contribution in [0.25, 0.3) is 21.9 Å². The van der Waals surface area contributed by atoms with Gasteiger partial charge in [-0.25, -0.2) is 4.39 Å². The van der Waals surface area contributed by atoms with Gasteiger partial charge in [-0.15, -0.1) is 0 Å². The van der Waals surface area contributed by atoms with E-state index in [1.807, 2.05) is 30.3 Å². The van der Waals surface area contributed by atoms with Crippen molar-refractivity contribution < 1.29 is 4.39 Å². The van der Waals surface area contributed by atoms with Gasteiger partial charge in [0.2, 0.25) is 0 Å². The van der Waals surface area contributed by atoms with Crippen LogP contribution in [-0.4, -0.2) is 0 Å². The lowest BCUT2D eigenvalue weighted by atomic mass is 9.98. The van der Waals surface area contributed by atoms with E-state index in [1.54, 1.807) is 6.07 Å². The van der Waals surface area contributed by atoms with Crippen molar-refractivity contribution in [2.45, 2.75) is 0 Å². The van der Waals surface area contributed by atoms with Crippen LogP contribution in [0.2, 0.25) is 0 Å². The molecule has 17 heavy (non-hydrogen) atoms. The van der Waals surface area contributed by atoms with Crippen molar-refractivity contribution in [3.63, 3.8) is 0 Å². The number of hydrogen-bond donors (Lipinski definition) is 0. The Balaban J connectivity index is 2.30. The number of hydrogen-bond acceptors (Lipinski definition) is 0. The highest BCUT2D eigenvalue weighted by molar-refractivity contribution is 5.96. The molecule has 0 aliphatic heterocycles. The summed E-state index contributed by atoms with van der Waals surface area (Å²) in [5.41, 5.74) is 1.81. The van der Waals surface area contributed by atoms with E-state index in [-0.39, 0.29) is 5.82 Å². The maximum Gasteiger partial charge on any atom is 0.123 e. The molecule has 0 aliphatic carbocycles. The average Bonchev–Trinajstić information content (AvgIpc) is 2.38. The molecular weight excluding hydrogens is 211 g/mol. The molecular formula is C16H10F. The Labute approximate surface area is 99.3 Å². The predicted molar refractivity (Wildman–Crippen MR) is 68.2 cm³/mol. The summed E-state index contributed by atoms with van der Waals surface area (Å²) in [6.45, 7) is 0. The molecule has 81 valence electrons. The van der Waals surface area contributed by atoms with Gasteiger partial charge in [0.05, 0.1) is 0 Å². The summed E-state index contributed by atoms with van der Waals surface area (Å²) in [5.74, 6) is -0.230. The third-order valence-electron chi connectivity index (χ3n) is 2.84. The van der Waals surface area contributed by atoms with Crippen LogP contribution in [0, 0.1) is 11.9 Å². The van der Waals surface area contributed by atoms with Crippen LogP contribution in [-0.2, 0) is 0 Å². The first-order valence-electron chi connectivity index (χ1n) is 5.50. The molecule has 0 heterocycles. The van der Waals surface area contributed by atoms with Gasteiger partial charge >= 0.3 is 0 Å². The van der Waals surface area contributed by atoms with Gasteiger partial charge in [0.25, 0.3) is 0 Å². The van der Waals surface area contributed by atoms with Crippen molar-refractivity contribution in [2.24, 2.45) is 0 Å². The molecule has 0 amide bonds. The summed E-state index contributed by atoms with van der Waals surface area (Å²) in [6.07, 6.45) is 0. The zero-order valence-electron chi connectivity index (χ0n) is 9.15. The molecule has 0 N–H and O–H groups in total. The first-order valence-corrected chi connectivity index (χ1v) is 5.50. The lowest BCUT2D eigenvalue weighted by Crippen LogP contribution is -1.82. The second-order valence-corrected chi connectivity index (χ2v) is 3.95. The Morgan fingerprint density at radius 1 is 0.882 bits per heavy atom. The fraction of sp³-hybridized carbons (Fsp3) is 0. The monoisotopic (exact) mass is 221 g/mol. The van der Waals surface area contributed by atoms with Gasteiger partial charge in [-0.1, -0.05) is 48.5 Å². The lowest BCUT2D eigenvalue weighted by Gasteiger charge is -2.06. The van der Waals surface area contributed by atoms with Crippen molar-refractivity contribution in [3.8, 4) is 11.1 Å². The van der Waals surface area contributed by atoms with Crippen LogP contribution >= 0.6 is 0 Å². The predicted octanol–water partition coefficient (Wildman–Crippen LogP) is 4.45. The fourth-order valence-electron chi connectivity index (χ4n) is 2.05. The SMILES string of the molecule is Fc1cc[c]c(-c2cccc3ccccc23)c1. The summed E-state index contributed by atoms with van der Waals surface area (Å²) >= 11 is 0. The van der Waals surface area contributed by atoms with E-state index in [1.165, 1.54) is 12.1 Å². The number of benzene rings is 3. The zero-order chi connectivity index (χ0) is 11.7. The lowest BCUT2D eigenvalue weighted by molar-refractivity contribution is 0.628. The van der Waals surface area contributed by atoms with Gasteiger partial charge in [-0.2, -0.15) is 0 Å². The van der Waals surface area contributed by atoms with Crippen LogP contribution in [0.15, 0.2) is 60.7 Å². The summed E-state index contributed by atoms with van der Waals surface area (Å²) in [4.78, 5) is 0. The molecule has 0 spiro atoms. The standard InChI is InChI=1S/C16H10F/c17-14-8-3-7-13(11-14)16-10-4-6-12-5-1-2-9-15(12)16/h1-6,8-11H. The minimum absolute atomic E-state index is 0.230. The van der Waals surface area contributed by atoms with E-state index in [4.69, 9.17) is 0 Å². The second-order valence-electron chi connectivity index (χ2n) is 3.95. The largest absolute Gasteiger partial charge is 0.207 e. The Bertz CT molecular complexity index is 666. The smallest absolute Gasteiger partial charge is 0.123 e. The Kier molecular flexibility index (Phi) is 2.37. The van der Waals surface area contributed by atoms with Gasteiger partial charge in [0.15, 0.2) is 0 Å². The van der Waals surface area contributed by atoms with Crippen molar-refractivity contribution in [1.29, 1.82) is 0 Å². The topological polar surface area (TPSA) is 0 Å². The molecule has 0 nitrogen and oxygen atoms in total. The molecule has 0 atom stereocenters. The van der Waals surface area contributed by atoms with Crippen molar-refractivity contribution in [2.75, 3.05) is 0 Å². The summed E-state index contributed by atoms with van der Waals surface area (Å²) in [7, 11) is 0. The van der Waals surface area contributed by atoms with Crippen molar-refractivity contribution in [1.82, 2.24) is 0 Å². The molecule has 0 fully saturated rings. The third kappa shape index (κ3) is 1.80. The van der Waals surface area contributed by atoms with Gasteiger partial charge in [-0.3, -0.25) is 0 Å². The van der Waals surface area contributed by atoms with Gasteiger partial charge in [0, 0.05) is 0 Å². The van der Waals surface area contributed by atoms with E-state index in [0.717, 1.165) is 21.9 Å². The number of rotatable bonds is 1. The maximum absolute atomic E-state index is 13.2. The van der Waals surface area contributed by atoms with E-state index >= 15 is 0 Å². The Hall–Kier alpha value is -2.15. The highest BCUT2D eigenvalue weighted by Crippen LogP contribution is 2.28. The second kappa shape index (κ2) is 4.02. The number of halogens is 1. The van der Waals surface area contributed by atoms with Gasteiger partial charge in [-0.05, 0) is 40.1 Å². The van der Waals surface area contributed by atoms with Crippen molar-refractivity contribution >= 4 is 10.8 Å². The Morgan fingerprint density at radius 2 is 1.71 bits per heavy atom. The number of fused-ring (bicyclic) bond motifs is 1. The van der Waals surface area contributed by atoms with E-state index in [2.05, 4.69) is 18.2 Å². The molecule has 0 aromatic heterocycles. The van der Waals surface area contributed by atoms with Crippen LogP contribution in [0.4, 0.5) is 4.39 Å². The van der Waals surface area contributed by atoms with Crippen LogP contribution in [0.5, 0.6) is 0 Å². The highest BCUT2D eigenvalue weighted by atomic mass is 19.1. The van der Waals surface area contributed by atoms with Crippen LogP contribution in [0.1, 0.15) is 0 Å². The highest BCUT2D eigenvalue weighted by Gasteiger charge is 2.03. The normalized spacial score (nSPS) is 10.6. The summed E-state index contributed by atoms with van der Waals surface area (Å²) < 4.78 is 13.2. The van der Waals surface area contributed by atoms with Crippen LogP contribution in [0.3, 0.4) is 0 Å². The first kappa shape index (κ1) is 10.0. The van der Waals surface area contributed by atoms with E-state index < -0.39 is 0 Å². The molecule has 1 heteroatoms. The summed E-state index contributed by atoms with van der Waals surface area (Å²) in [6, 6.07) is 21.7. The van der Waals surface area contributed by atoms with Gasteiger partial charge < -0.3 is 0 Å². The Morgan fingerprint density at radius 3 is 2.59 bits per heavy atom. The minimum Gasteiger partial charge on any atom is -0.207 e. The van der Waals surface area contributed by atoms with Crippen molar-refractivity contribution in [3.05, 3.63) is 72.5 Å². The first-order chi connectivity index (χ1) is 8.34. The molecule has 0 saturated carbocycles. The molecule has 0 aliphatic rings. The zero-order valence-corrected chi connectivity index (χ0v) is 9.15. The molecule has 0 unspecified atom stereocenters. The van der Waals surface area contributed by atoms with Gasteiger partial charge in [0.1, 0.15) is 5.82 Å². The molecule has 1 radical (unpaired) electrons. The molecule has 3 aromatic carbocycles. The molecule has 0 bridgehead atoms. The van der Waals surface area contributed by atoms with Crippen LogP contribution < -0.4 is 0 Å².